The number of fused-ring (bicyclic) bond motifs is 1. The lowest BCUT2D eigenvalue weighted by Gasteiger charge is -2.19. The minimum absolute atomic E-state index is 0.235. The molecular weight excluding hydrogens is 333 g/mol. The van der Waals surface area contributed by atoms with Gasteiger partial charge in [0.15, 0.2) is 5.65 Å². The van der Waals surface area contributed by atoms with E-state index in [1.54, 1.807) is 0 Å². The molecule has 0 unspecified atom stereocenters. The van der Waals surface area contributed by atoms with Crippen molar-refractivity contribution in [1.82, 2.24) is 19.7 Å². The molecule has 7 heteroatoms. The summed E-state index contributed by atoms with van der Waals surface area (Å²) < 4.78 is 1.86. The molecule has 5 nitrogen and oxygen atoms in total. The van der Waals surface area contributed by atoms with Crippen LogP contribution in [0.4, 0.5) is 5.82 Å². The zero-order chi connectivity index (χ0) is 16.8. The van der Waals surface area contributed by atoms with Crippen molar-refractivity contribution in [3.63, 3.8) is 0 Å². The second kappa shape index (κ2) is 5.65. The maximum atomic E-state index is 6.29. The Morgan fingerprint density at radius 1 is 1.13 bits per heavy atom. The molecule has 0 aliphatic rings. The third-order valence-corrected chi connectivity index (χ3v) is 4.32. The molecular formula is C16H17Cl2N5. The highest BCUT2D eigenvalue weighted by Gasteiger charge is 2.23. The molecule has 3 rings (SSSR count). The predicted molar refractivity (Wildman–Crippen MR) is 94.0 cm³/mol. The topological polar surface area (TPSA) is 69.6 Å². The summed E-state index contributed by atoms with van der Waals surface area (Å²) in [5.74, 6) is 0.406. The minimum Gasteiger partial charge on any atom is -0.383 e. The average molecular weight is 350 g/mol. The van der Waals surface area contributed by atoms with Crippen molar-refractivity contribution in [2.45, 2.75) is 32.7 Å². The molecule has 0 saturated carbocycles. The molecule has 3 aromatic rings. The number of nitrogens with zero attached hydrogens (tertiary/aromatic N) is 4. The van der Waals surface area contributed by atoms with Gasteiger partial charge in [0.05, 0.1) is 16.6 Å². The molecule has 0 atom stereocenters. The molecule has 0 aliphatic carbocycles. The fourth-order valence-corrected chi connectivity index (χ4v) is 3.04. The Morgan fingerprint density at radius 3 is 2.39 bits per heavy atom. The lowest BCUT2D eigenvalue weighted by molar-refractivity contribution is 0.363. The van der Waals surface area contributed by atoms with Gasteiger partial charge in [-0.05, 0) is 38.5 Å². The lowest BCUT2D eigenvalue weighted by Crippen LogP contribution is -2.23. The van der Waals surface area contributed by atoms with Gasteiger partial charge in [0, 0.05) is 16.5 Å². The smallest absolute Gasteiger partial charge is 0.164 e. The maximum Gasteiger partial charge on any atom is 0.164 e. The van der Waals surface area contributed by atoms with Crippen LogP contribution in [0.15, 0.2) is 24.5 Å². The van der Waals surface area contributed by atoms with Gasteiger partial charge < -0.3 is 5.73 Å². The fourth-order valence-electron chi connectivity index (χ4n) is 2.51. The van der Waals surface area contributed by atoms with Crippen LogP contribution in [-0.4, -0.2) is 19.7 Å². The second-order valence-corrected chi connectivity index (χ2v) is 7.18. The Hall–Kier alpha value is -1.85. The van der Waals surface area contributed by atoms with E-state index in [1.165, 1.54) is 6.33 Å². The summed E-state index contributed by atoms with van der Waals surface area (Å²) in [4.78, 5) is 8.46. The van der Waals surface area contributed by atoms with Crippen LogP contribution in [0.3, 0.4) is 0 Å². The van der Waals surface area contributed by atoms with Crippen molar-refractivity contribution >= 4 is 40.1 Å². The molecule has 2 N–H and O–H groups in total. The number of rotatable bonds is 2. The van der Waals surface area contributed by atoms with Crippen molar-refractivity contribution < 1.29 is 0 Å². The third kappa shape index (κ3) is 2.86. The minimum atomic E-state index is -0.235. The number of benzene rings is 1. The van der Waals surface area contributed by atoms with Crippen LogP contribution in [0.1, 0.15) is 32.0 Å². The summed E-state index contributed by atoms with van der Waals surface area (Å²) in [6.45, 7) is 6.18. The standard InChI is InChI=1S/C16H17Cl2N5/c1-16(2,3)23-15-13(14(19)20-8-21-15)12(22-23)7-9-10(17)5-4-6-11(9)18/h4-6,8H,7H2,1-3H3,(H2,19,20,21). The zero-order valence-electron chi connectivity index (χ0n) is 13.1. The molecule has 0 saturated heterocycles. The highest BCUT2D eigenvalue weighted by atomic mass is 35.5. The van der Waals surface area contributed by atoms with Crippen molar-refractivity contribution in [2.24, 2.45) is 0 Å². The summed E-state index contributed by atoms with van der Waals surface area (Å²) in [7, 11) is 0. The molecule has 1 aromatic carbocycles. The van der Waals surface area contributed by atoms with Gasteiger partial charge >= 0.3 is 0 Å². The van der Waals surface area contributed by atoms with Gasteiger partial charge in [0.25, 0.3) is 0 Å². The van der Waals surface area contributed by atoms with E-state index in [2.05, 4.69) is 30.7 Å². The summed E-state index contributed by atoms with van der Waals surface area (Å²) in [5, 5.41) is 6.67. The van der Waals surface area contributed by atoms with E-state index < -0.39 is 0 Å². The van der Waals surface area contributed by atoms with Gasteiger partial charge in [-0.3, -0.25) is 0 Å². The van der Waals surface area contributed by atoms with E-state index in [9.17, 15) is 0 Å². The van der Waals surface area contributed by atoms with Crippen LogP contribution in [0.2, 0.25) is 10.0 Å². The van der Waals surface area contributed by atoms with Gasteiger partial charge in [-0.25, -0.2) is 14.6 Å². The summed E-state index contributed by atoms with van der Waals surface area (Å²) in [5.41, 5.74) is 8.14. The predicted octanol–water partition coefficient (Wildman–Crippen LogP) is 4.06. The summed E-state index contributed by atoms with van der Waals surface area (Å²) in [6, 6.07) is 5.44. The molecule has 0 radical (unpaired) electrons. The molecule has 23 heavy (non-hydrogen) atoms. The van der Waals surface area contributed by atoms with E-state index in [-0.39, 0.29) is 5.54 Å². The highest BCUT2D eigenvalue weighted by Crippen LogP contribution is 2.31. The van der Waals surface area contributed by atoms with Crippen molar-refractivity contribution in [3.8, 4) is 0 Å². The largest absolute Gasteiger partial charge is 0.383 e. The van der Waals surface area contributed by atoms with Gasteiger partial charge in [0.2, 0.25) is 0 Å². The first-order valence-electron chi connectivity index (χ1n) is 7.20. The van der Waals surface area contributed by atoms with E-state index in [4.69, 9.17) is 34.0 Å². The van der Waals surface area contributed by atoms with Crippen LogP contribution in [0, 0.1) is 0 Å². The Kier molecular flexibility index (Phi) is 3.94. The molecule has 0 amide bonds. The molecule has 120 valence electrons. The van der Waals surface area contributed by atoms with Crippen LogP contribution in [0.5, 0.6) is 0 Å². The fraction of sp³-hybridized carbons (Fsp3) is 0.312. The SMILES string of the molecule is CC(C)(C)n1nc(Cc2c(Cl)cccc2Cl)c2c(N)ncnc21. The third-order valence-electron chi connectivity index (χ3n) is 3.61. The molecule has 0 fully saturated rings. The van der Waals surface area contributed by atoms with Crippen molar-refractivity contribution in [1.29, 1.82) is 0 Å². The summed E-state index contributed by atoms with van der Waals surface area (Å²) >= 11 is 12.6. The Morgan fingerprint density at radius 2 is 1.78 bits per heavy atom. The van der Waals surface area contributed by atoms with Crippen LogP contribution >= 0.6 is 23.2 Å². The van der Waals surface area contributed by atoms with Gasteiger partial charge in [-0.15, -0.1) is 0 Å². The first kappa shape index (κ1) is 16.0. The monoisotopic (exact) mass is 349 g/mol. The highest BCUT2D eigenvalue weighted by molar-refractivity contribution is 6.36. The quantitative estimate of drug-likeness (QED) is 0.757. The van der Waals surface area contributed by atoms with Gasteiger partial charge in [-0.1, -0.05) is 29.3 Å². The van der Waals surface area contributed by atoms with Crippen molar-refractivity contribution in [3.05, 3.63) is 45.8 Å². The number of nitrogen functional groups attached to an aromatic ring is 1. The van der Waals surface area contributed by atoms with Gasteiger partial charge in [0.1, 0.15) is 12.1 Å². The van der Waals surface area contributed by atoms with Crippen LogP contribution in [-0.2, 0) is 12.0 Å². The Labute approximate surface area is 144 Å². The Balaban J connectivity index is 2.22. The first-order valence-corrected chi connectivity index (χ1v) is 7.96. The lowest BCUT2D eigenvalue weighted by atomic mass is 10.1. The number of hydrogen-bond donors (Lipinski definition) is 1. The maximum absolute atomic E-state index is 6.29. The molecule has 2 aromatic heterocycles. The Bertz CT molecular complexity index is 860. The average Bonchev–Trinajstić information content (AvgIpc) is 2.83. The molecule has 2 heterocycles. The summed E-state index contributed by atoms with van der Waals surface area (Å²) in [6.07, 6.45) is 1.92. The normalized spacial score (nSPS) is 12.0. The number of nitrogens with two attached hydrogens (primary N) is 1. The van der Waals surface area contributed by atoms with Crippen LogP contribution in [0.25, 0.3) is 11.0 Å². The van der Waals surface area contributed by atoms with E-state index in [1.807, 2.05) is 22.9 Å². The number of aromatic nitrogens is 4. The zero-order valence-corrected chi connectivity index (χ0v) is 14.7. The second-order valence-electron chi connectivity index (χ2n) is 6.36. The molecule has 0 spiro atoms. The first-order chi connectivity index (χ1) is 10.8. The number of hydrogen-bond acceptors (Lipinski definition) is 4. The van der Waals surface area contributed by atoms with E-state index in [0.717, 1.165) is 16.6 Å². The molecule has 0 aliphatic heterocycles. The van der Waals surface area contributed by atoms with Crippen LogP contribution < -0.4 is 5.73 Å². The van der Waals surface area contributed by atoms with E-state index >= 15 is 0 Å². The van der Waals surface area contributed by atoms with Gasteiger partial charge in [-0.2, -0.15) is 5.10 Å². The molecule has 0 bridgehead atoms. The van der Waals surface area contributed by atoms with Crippen molar-refractivity contribution in [2.75, 3.05) is 5.73 Å². The van der Waals surface area contributed by atoms with E-state index in [0.29, 0.717) is 27.9 Å². The number of anilines is 1. The number of halogens is 2.